The summed E-state index contributed by atoms with van der Waals surface area (Å²) in [6.45, 7) is 0. The highest BCUT2D eigenvalue weighted by Gasteiger charge is 2.29. The molecule has 2 atom stereocenters. The lowest BCUT2D eigenvalue weighted by molar-refractivity contribution is 0.290. The van der Waals surface area contributed by atoms with Crippen LogP contribution < -0.4 is 0 Å². The van der Waals surface area contributed by atoms with Crippen LogP contribution in [0.5, 0.6) is 0 Å². The highest BCUT2D eigenvalue weighted by atomic mass is 31.2. The van der Waals surface area contributed by atoms with Gasteiger partial charge in [-0.15, -0.1) is 6.42 Å². The van der Waals surface area contributed by atoms with E-state index in [1.807, 2.05) is 0 Å². The third-order valence-electron chi connectivity index (χ3n) is 1.44. The average Bonchev–Trinajstić information content (AvgIpc) is 2.05. The topological polar surface area (TPSA) is 35.5 Å². The second kappa shape index (κ2) is 3.13. The maximum atomic E-state index is 11.4. The van der Waals surface area contributed by atoms with E-state index in [1.54, 1.807) is 6.08 Å². The Hall–Kier alpha value is -0.710. The second-order valence-corrected chi connectivity index (χ2v) is 4.35. The molecule has 0 aromatic heterocycles. The van der Waals surface area contributed by atoms with Crippen molar-refractivity contribution in [2.24, 2.45) is 5.92 Å². The molecule has 4 heteroatoms. The molecule has 0 aromatic carbocycles. The van der Waals surface area contributed by atoms with Crippen molar-refractivity contribution in [2.45, 2.75) is 0 Å². The summed E-state index contributed by atoms with van der Waals surface area (Å²) in [5.41, 5.74) is 0. The van der Waals surface area contributed by atoms with Gasteiger partial charge in [0.1, 0.15) is 0 Å². The smallest absolute Gasteiger partial charge is 0.379 e. The van der Waals surface area contributed by atoms with Crippen LogP contribution >= 0.6 is 7.60 Å². The molecule has 0 N–H and O–H groups in total. The Bertz CT molecular complexity index is 251. The predicted molar refractivity (Wildman–Crippen MR) is 42.0 cm³/mol. The number of terminal acetylenes is 1. The van der Waals surface area contributed by atoms with E-state index in [0.717, 1.165) is 0 Å². The fourth-order valence-electron chi connectivity index (χ4n) is 0.793. The largest absolute Gasteiger partial charge is 0.433 e. The molecule has 0 saturated carbocycles. The summed E-state index contributed by atoms with van der Waals surface area (Å²) in [5.74, 6) is 2.34. The SMILES string of the molecule is C#CC1C=COP(=O)(OC)C1. The minimum absolute atomic E-state index is 0.130. The van der Waals surface area contributed by atoms with E-state index in [2.05, 4.69) is 5.92 Å². The van der Waals surface area contributed by atoms with E-state index >= 15 is 0 Å². The molecule has 0 aromatic rings. The molecule has 1 rings (SSSR count). The van der Waals surface area contributed by atoms with Crippen LogP contribution in [0.1, 0.15) is 0 Å². The summed E-state index contributed by atoms with van der Waals surface area (Å²) in [5, 5.41) is 0. The van der Waals surface area contributed by atoms with Gasteiger partial charge in [-0.2, -0.15) is 0 Å². The van der Waals surface area contributed by atoms with Crippen LogP contribution in [-0.2, 0) is 13.6 Å². The second-order valence-electron chi connectivity index (χ2n) is 2.18. The Balaban J connectivity index is 2.74. The highest BCUT2D eigenvalue weighted by molar-refractivity contribution is 7.54. The van der Waals surface area contributed by atoms with Crippen LogP contribution in [0.15, 0.2) is 12.3 Å². The van der Waals surface area contributed by atoms with E-state index in [1.165, 1.54) is 13.4 Å². The van der Waals surface area contributed by atoms with Gasteiger partial charge in [0, 0.05) is 7.11 Å². The summed E-state index contributed by atoms with van der Waals surface area (Å²) >= 11 is 0. The lowest BCUT2D eigenvalue weighted by Crippen LogP contribution is -2.07. The Kier molecular flexibility index (Phi) is 2.38. The Morgan fingerprint density at radius 1 is 1.91 bits per heavy atom. The summed E-state index contributed by atoms with van der Waals surface area (Å²) in [4.78, 5) is 0. The van der Waals surface area contributed by atoms with Crippen LogP contribution in [0.4, 0.5) is 0 Å². The first kappa shape index (κ1) is 8.39. The van der Waals surface area contributed by atoms with Crippen LogP contribution in [-0.4, -0.2) is 13.3 Å². The molecule has 0 spiro atoms. The van der Waals surface area contributed by atoms with Crippen molar-refractivity contribution in [3.8, 4) is 12.3 Å². The van der Waals surface area contributed by atoms with Gasteiger partial charge in [0.15, 0.2) is 0 Å². The monoisotopic (exact) mass is 172 g/mol. The summed E-state index contributed by atoms with van der Waals surface area (Å²) in [6, 6.07) is 0. The molecule has 1 aliphatic rings. The molecule has 2 unspecified atom stereocenters. The summed E-state index contributed by atoms with van der Waals surface area (Å²) < 4.78 is 20.9. The lowest BCUT2D eigenvalue weighted by atomic mass is 10.2. The van der Waals surface area contributed by atoms with Gasteiger partial charge >= 0.3 is 7.60 Å². The van der Waals surface area contributed by atoms with Gasteiger partial charge in [-0.3, -0.25) is 0 Å². The molecular weight excluding hydrogens is 163 g/mol. The predicted octanol–water partition coefficient (Wildman–Crippen LogP) is 1.62. The van der Waals surface area contributed by atoms with Crippen LogP contribution in [0, 0.1) is 18.3 Å². The summed E-state index contributed by atoms with van der Waals surface area (Å²) in [6.07, 6.45) is 8.46. The molecule has 1 heterocycles. The maximum absolute atomic E-state index is 11.4. The van der Waals surface area contributed by atoms with Crippen LogP contribution in [0.2, 0.25) is 0 Å². The molecule has 0 aliphatic carbocycles. The first-order valence-corrected chi connectivity index (χ1v) is 4.89. The van der Waals surface area contributed by atoms with Gasteiger partial charge in [-0.1, -0.05) is 5.92 Å². The maximum Gasteiger partial charge on any atom is 0.379 e. The van der Waals surface area contributed by atoms with Gasteiger partial charge < -0.3 is 9.05 Å². The quantitative estimate of drug-likeness (QED) is 0.445. The van der Waals surface area contributed by atoms with Crippen molar-refractivity contribution in [1.82, 2.24) is 0 Å². The van der Waals surface area contributed by atoms with E-state index in [9.17, 15) is 4.57 Å². The van der Waals surface area contributed by atoms with Crippen molar-refractivity contribution in [1.29, 1.82) is 0 Å². The Labute approximate surface area is 65.9 Å². The first-order chi connectivity index (χ1) is 5.20. The first-order valence-electron chi connectivity index (χ1n) is 3.16. The number of allylic oxidation sites excluding steroid dienone is 1. The zero-order valence-electron chi connectivity index (χ0n) is 6.19. The van der Waals surface area contributed by atoms with Crippen molar-refractivity contribution >= 4 is 7.60 Å². The molecule has 0 radical (unpaired) electrons. The third kappa shape index (κ3) is 1.86. The fourth-order valence-corrected chi connectivity index (χ4v) is 2.08. The van der Waals surface area contributed by atoms with E-state index in [4.69, 9.17) is 15.5 Å². The highest BCUT2D eigenvalue weighted by Crippen LogP contribution is 2.51. The van der Waals surface area contributed by atoms with Gasteiger partial charge in [0.2, 0.25) is 0 Å². The molecule has 0 amide bonds. The molecule has 3 nitrogen and oxygen atoms in total. The molecule has 11 heavy (non-hydrogen) atoms. The van der Waals surface area contributed by atoms with E-state index in [0.29, 0.717) is 0 Å². The Morgan fingerprint density at radius 2 is 2.64 bits per heavy atom. The number of rotatable bonds is 1. The fraction of sp³-hybridized carbons (Fsp3) is 0.429. The third-order valence-corrected chi connectivity index (χ3v) is 3.28. The molecule has 0 saturated heterocycles. The number of hydrogen-bond acceptors (Lipinski definition) is 3. The molecule has 0 fully saturated rings. The van der Waals surface area contributed by atoms with Crippen LogP contribution in [0.25, 0.3) is 0 Å². The van der Waals surface area contributed by atoms with Crippen molar-refractivity contribution in [3.05, 3.63) is 12.3 Å². The van der Waals surface area contributed by atoms with E-state index in [-0.39, 0.29) is 12.1 Å². The van der Waals surface area contributed by atoms with Gasteiger partial charge in [-0.05, 0) is 6.08 Å². The van der Waals surface area contributed by atoms with Gasteiger partial charge in [0.05, 0.1) is 18.3 Å². The average molecular weight is 172 g/mol. The Morgan fingerprint density at radius 3 is 3.18 bits per heavy atom. The zero-order chi connectivity index (χ0) is 8.32. The molecule has 0 bridgehead atoms. The summed E-state index contributed by atoms with van der Waals surface area (Å²) in [7, 11) is -1.54. The zero-order valence-corrected chi connectivity index (χ0v) is 7.08. The van der Waals surface area contributed by atoms with Gasteiger partial charge in [0.25, 0.3) is 0 Å². The minimum atomic E-state index is -2.90. The normalized spacial score (nSPS) is 35.8. The standard InChI is InChI=1S/C7H9O3P/c1-3-7-4-5-10-11(8,6-7)9-2/h1,4-5,7H,6H2,2H3. The molecule has 1 aliphatic heterocycles. The molecular formula is C7H9O3P. The number of hydrogen-bond donors (Lipinski definition) is 0. The van der Waals surface area contributed by atoms with Crippen LogP contribution in [0.3, 0.4) is 0 Å². The lowest BCUT2D eigenvalue weighted by Gasteiger charge is -2.20. The van der Waals surface area contributed by atoms with E-state index < -0.39 is 7.60 Å². The van der Waals surface area contributed by atoms with Gasteiger partial charge in [-0.25, -0.2) is 4.57 Å². The van der Waals surface area contributed by atoms with Crippen molar-refractivity contribution in [2.75, 3.05) is 13.3 Å². The van der Waals surface area contributed by atoms with Crippen molar-refractivity contribution < 1.29 is 13.6 Å². The molecule has 60 valence electrons. The van der Waals surface area contributed by atoms with Crippen molar-refractivity contribution in [3.63, 3.8) is 0 Å². The minimum Gasteiger partial charge on any atom is -0.433 e.